The molecule has 0 heterocycles. The number of hydrogen-bond acceptors (Lipinski definition) is 3. The average Bonchev–Trinajstić information content (AvgIpc) is 2.33. The molecule has 0 unspecified atom stereocenters. The molecule has 0 radical (unpaired) electrons. The molecule has 0 N–H and O–H groups in total. The van der Waals surface area contributed by atoms with Crippen LogP contribution in [0, 0.1) is 0 Å². The van der Waals surface area contributed by atoms with Crippen LogP contribution in [0.2, 0.25) is 0 Å². The third-order valence-corrected chi connectivity index (χ3v) is 3.11. The number of rotatable bonds is 5. The van der Waals surface area contributed by atoms with E-state index in [1.165, 1.54) is 18.3 Å². The van der Waals surface area contributed by atoms with Crippen LogP contribution in [0.5, 0.6) is 5.75 Å². The summed E-state index contributed by atoms with van der Waals surface area (Å²) in [6.45, 7) is 2.24. The van der Waals surface area contributed by atoms with E-state index in [2.05, 4.69) is 9.13 Å². The summed E-state index contributed by atoms with van der Waals surface area (Å²) in [6.07, 6.45) is -2.93. The Bertz CT molecular complexity index is 418. The van der Waals surface area contributed by atoms with E-state index in [0.29, 0.717) is 5.56 Å². The lowest BCUT2D eigenvalue weighted by Gasteiger charge is -2.09. The Morgan fingerprint density at radius 3 is 2.37 bits per heavy atom. The highest BCUT2D eigenvalue weighted by Crippen LogP contribution is 2.18. The first-order valence-electron chi connectivity index (χ1n) is 5.52. The third-order valence-electron chi connectivity index (χ3n) is 1.99. The van der Waals surface area contributed by atoms with Crippen molar-refractivity contribution in [2.45, 2.75) is 25.3 Å². The minimum absolute atomic E-state index is 0.0781. The van der Waals surface area contributed by atoms with Crippen molar-refractivity contribution in [3.63, 3.8) is 0 Å². The second-order valence-electron chi connectivity index (χ2n) is 4.03. The number of hydrogen-bond donors (Lipinski definition) is 0. The van der Waals surface area contributed by atoms with E-state index in [9.17, 15) is 17.7 Å². The summed E-state index contributed by atoms with van der Waals surface area (Å²) in [5, 5.41) is -0.0781. The SMILES string of the molecule is CC(C)[S@+]([O-])/N=C/c1ccc(OCC(F)(F)F)cc1. The molecule has 1 aromatic rings. The van der Waals surface area contributed by atoms with E-state index in [1.54, 1.807) is 26.0 Å². The van der Waals surface area contributed by atoms with Crippen molar-refractivity contribution in [2.75, 3.05) is 6.61 Å². The quantitative estimate of drug-likeness (QED) is 0.618. The molecule has 0 aromatic heterocycles. The van der Waals surface area contributed by atoms with Gasteiger partial charge in [-0.25, -0.2) is 0 Å². The van der Waals surface area contributed by atoms with Gasteiger partial charge in [0.1, 0.15) is 11.0 Å². The van der Waals surface area contributed by atoms with Gasteiger partial charge in [-0.1, -0.05) is 4.40 Å². The summed E-state index contributed by atoms with van der Waals surface area (Å²) in [5.41, 5.74) is 0.647. The molecular formula is C12H14F3NO2S. The van der Waals surface area contributed by atoms with Gasteiger partial charge in [0.05, 0.1) is 17.6 Å². The standard InChI is InChI=1S/C12H14F3NO2S/c1-9(2)19(17)16-7-10-3-5-11(6-4-10)18-8-12(13,14)15/h3-7,9H,8H2,1-2H3/b16-7+/t19-/m0/s1. The molecule has 0 aliphatic heterocycles. The molecule has 7 heteroatoms. The molecule has 1 atom stereocenters. The van der Waals surface area contributed by atoms with Gasteiger partial charge in [-0.3, -0.25) is 0 Å². The van der Waals surface area contributed by atoms with Gasteiger partial charge in [-0.05, 0) is 43.7 Å². The molecule has 0 fully saturated rings. The third kappa shape index (κ3) is 6.49. The predicted octanol–water partition coefficient (Wildman–Crippen LogP) is 3.12. The molecule has 1 rings (SSSR count). The first-order chi connectivity index (χ1) is 8.78. The van der Waals surface area contributed by atoms with Crippen LogP contribution in [0.4, 0.5) is 13.2 Å². The van der Waals surface area contributed by atoms with Gasteiger partial charge in [-0.15, -0.1) is 0 Å². The molecule has 0 aliphatic carbocycles. The minimum atomic E-state index is -4.35. The van der Waals surface area contributed by atoms with Crippen LogP contribution < -0.4 is 4.74 Å². The zero-order valence-electron chi connectivity index (χ0n) is 10.5. The highest BCUT2D eigenvalue weighted by molar-refractivity contribution is 7.90. The second-order valence-corrected chi connectivity index (χ2v) is 5.74. The van der Waals surface area contributed by atoms with Gasteiger partial charge in [0, 0.05) is 0 Å². The molecule has 19 heavy (non-hydrogen) atoms. The van der Waals surface area contributed by atoms with Crippen molar-refractivity contribution >= 4 is 17.6 Å². The summed E-state index contributed by atoms with van der Waals surface area (Å²) >= 11 is -1.30. The van der Waals surface area contributed by atoms with Crippen LogP contribution >= 0.6 is 0 Å². The molecule has 0 amide bonds. The molecule has 0 saturated heterocycles. The van der Waals surface area contributed by atoms with Crippen LogP contribution in [0.25, 0.3) is 0 Å². The van der Waals surface area contributed by atoms with Gasteiger partial charge in [-0.2, -0.15) is 13.2 Å². The van der Waals surface area contributed by atoms with Crippen molar-refractivity contribution in [1.29, 1.82) is 0 Å². The average molecular weight is 293 g/mol. The molecule has 0 saturated carbocycles. The number of benzene rings is 1. The molecule has 0 aliphatic rings. The summed E-state index contributed by atoms with van der Waals surface area (Å²) in [4.78, 5) is 0. The Labute approximate surface area is 112 Å². The van der Waals surface area contributed by atoms with Crippen molar-refractivity contribution < 1.29 is 22.5 Å². The Morgan fingerprint density at radius 1 is 1.32 bits per heavy atom. The topological polar surface area (TPSA) is 44.7 Å². The first-order valence-corrected chi connectivity index (χ1v) is 6.69. The normalized spacial score (nSPS) is 14.1. The molecule has 0 spiro atoms. The molecule has 0 bridgehead atoms. The Balaban J connectivity index is 2.57. The number of nitrogens with zero attached hydrogens (tertiary/aromatic N) is 1. The smallest absolute Gasteiger partial charge is 0.422 e. The molecular weight excluding hydrogens is 279 g/mol. The summed E-state index contributed by atoms with van der Waals surface area (Å²) in [5.74, 6) is 0.124. The fraction of sp³-hybridized carbons (Fsp3) is 0.417. The van der Waals surface area contributed by atoms with Crippen molar-refractivity contribution in [2.24, 2.45) is 4.40 Å². The summed E-state index contributed by atoms with van der Waals surface area (Å²) in [7, 11) is 0. The zero-order valence-corrected chi connectivity index (χ0v) is 11.3. The Hall–Kier alpha value is -1.21. The lowest BCUT2D eigenvalue weighted by Crippen LogP contribution is -2.19. The van der Waals surface area contributed by atoms with Gasteiger partial charge in [0.25, 0.3) is 0 Å². The zero-order chi connectivity index (χ0) is 14.5. The fourth-order valence-electron chi connectivity index (χ4n) is 1.05. The second kappa shape index (κ2) is 6.81. The number of ether oxygens (including phenoxy) is 1. The highest BCUT2D eigenvalue weighted by atomic mass is 32.2. The van der Waals surface area contributed by atoms with Crippen molar-refractivity contribution in [3.8, 4) is 5.75 Å². The summed E-state index contributed by atoms with van der Waals surface area (Å²) < 4.78 is 55.5. The van der Waals surface area contributed by atoms with Gasteiger partial charge in [0.15, 0.2) is 6.61 Å². The van der Waals surface area contributed by atoms with E-state index in [0.717, 1.165) is 0 Å². The monoisotopic (exact) mass is 293 g/mol. The minimum Gasteiger partial charge on any atom is -0.591 e. The number of halogens is 3. The van der Waals surface area contributed by atoms with E-state index < -0.39 is 24.1 Å². The maximum atomic E-state index is 11.9. The van der Waals surface area contributed by atoms with Gasteiger partial charge < -0.3 is 9.29 Å². The molecule has 3 nitrogen and oxygen atoms in total. The van der Waals surface area contributed by atoms with Crippen LogP contribution in [0.1, 0.15) is 19.4 Å². The van der Waals surface area contributed by atoms with Gasteiger partial charge in [0.2, 0.25) is 0 Å². The number of alkyl halides is 3. The van der Waals surface area contributed by atoms with Crippen molar-refractivity contribution in [3.05, 3.63) is 29.8 Å². The van der Waals surface area contributed by atoms with E-state index in [1.807, 2.05) is 0 Å². The maximum Gasteiger partial charge on any atom is 0.422 e. The van der Waals surface area contributed by atoms with Crippen LogP contribution in [-0.2, 0) is 11.4 Å². The molecule has 106 valence electrons. The van der Waals surface area contributed by atoms with Crippen LogP contribution in [0.3, 0.4) is 0 Å². The van der Waals surface area contributed by atoms with Crippen LogP contribution in [0.15, 0.2) is 28.7 Å². The highest BCUT2D eigenvalue weighted by Gasteiger charge is 2.28. The maximum absolute atomic E-state index is 11.9. The predicted molar refractivity (Wildman–Crippen MR) is 68.9 cm³/mol. The van der Waals surface area contributed by atoms with Gasteiger partial charge >= 0.3 is 6.18 Å². The largest absolute Gasteiger partial charge is 0.591 e. The van der Waals surface area contributed by atoms with E-state index >= 15 is 0 Å². The fourth-order valence-corrected chi connectivity index (χ4v) is 1.52. The Morgan fingerprint density at radius 2 is 1.89 bits per heavy atom. The first kappa shape index (κ1) is 15.8. The Kier molecular flexibility index (Phi) is 5.68. The lowest BCUT2D eigenvalue weighted by molar-refractivity contribution is -0.153. The van der Waals surface area contributed by atoms with Crippen LogP contribution in [-0.4, -0.2) is 28.8 Å². The molecule has 1 aromatic carbocycles. The van der Waals surface area contributed by atoms with E-state index in [4.69, 9.17) is 0 Å². The van der Waals surface area contributed by atoms with Crippen molar-refractivity contribution in [1.82, 2.24) is 0 Å². The summed E-state index contributed by atoms with van der Waals surface area (Å²) in [6, 6.07) is 5.91. The van der Waals surface area contributed by atoms with E-state index in [-0.39, 0.29) is 11.0 Å². The lowest BCUT2D eigenvalue weighted by atomic mass is 10.2.